The zero-order chi connectivity index (χ0) is 12.0. The van der Waals surface area contributed by atoms with Crippen molar-refractivity contribution < 1.29 is 19.7 Å². The normalized spacial score (nSPS) is 12.1. The Labute approximate surface area is 92.1 Å². The molecule has 1 aromatic rings. The van der Waals surface area contributed by atoms with Crippen LogP contribution < -0.4 is 5.32 Å². The minimum Gasteiger partial charge on any atom is -0.476 e. The van der Waals surface area contributed by atoms with Gasteiger partial charge in [0.25, 0.3) is 0 Å². The molecule has 0 aliphatic carbocycles. The predicted octanol–water partition coefficient (Wildman–Crippen LogP) is -0.406. The molecule has 0 spiro atoms. The van der Waals surface area contributed by atoms with Gasteiger partial charge in [0, 0.05) is 13.7 Å². The van der Waals surface area contributed by atoms with Gasteiger partial charge >= 0.3 is 5.97 Å². The summed E-state index contributed by atoms with van der Waals surface area (Å²) in [6.07, 6.45) is -0.647. The van der Waals surface area contributed by atoms with Crippen molar-refractivity contribution in [2.75, 3.05) is 25.6 Å². The third kappa shape index (κ3) is 3.79. The van der Waals surface area contributed by atoms with Gasteiger partial charge in [0.1, 0.15) is 5.82 Å². The van der Waals surface area contributed by atoms with Gasteiger partial charge in [-0.1, -0.05) is 0 Å². The van der Waals surface area contributed by atoms with Crippen molar-refractivity contribution in [2.45, 2.75) is 6.10 Å². The van der Waals surface area contributed by atoms with Crippen molar-refractivity contribution in [1.82, 2.24) is 10.2 Å². The molecule has 7 nitrogen and oxygen atoms in total. The molecular formula is C9H13N3O4. The largest absolute Gasteiger partial charge is 0.476 e. The SMILES string of the molecule is COC[C@H](O)CNc1ccc(C(=O)O)nn1. The smallest absolute Gasteiger partial charge is 0.356 e. The summed E-state index contributed by atoms with van der Waals surface area (Å²) >= 11 is 0. The maximum atomic E-state index is 10.5. The van der Waals surface area contributed by atoms with E-state index in [1.54, 1.807) is 0 Å². The quantitative estimate of drug-likeness (QED) is 0.607. The maximum absolute atomic E-state index is 10.5. The first-order chi connectivity index (χ1) is 7.63. The number of methoxy groups -OCH3 is 1. The number of ether oxygens (including phenoxy) is 1. The van der Waals surface area contributed by atoms with Crippen LogP contribution in [-0.2, 0) is 4.74 Å². The lowest BCUT2D eigenvalue weighted by molar-refractivity contribution is 0.0688. The van der Waals surface area contributed by atoms with Crippen LogP contribution >= 0.6 is 0 Å². The van der Waals surface area contributed by atoms with Gasteiger partial charge in [0.15, 0.2) is 5.69 Å². The monoisotopic (exact) mass is 227 g/mol. The molecule has 0 radical (unpaired) electrons. The third-order valence-electron chi connectivity index (χ3n) is 1.76. The number of carboxylic acids is 1. The fraction of sp³-hybridized carbons (Fsp3) is 0.444. The lowest BCUT2D eigenvalue weighted by atomic mass is 10.3. The minimum absolute atomic E-state index is 0.122. The Morgan fingerprint density at radius 3 is 2.81 bits per heavy atom. The van der Waals surface area contributed by atoms with Crippen LogP contribution in [0, 0.1) is 0 Å². The highest BCUT2D eigenvalue weighted by Gasteiger charge is 2.06. The summed E-state index contributed by atoms with van der Waals surface area (Å²) in [5, 5.41) is 27.8. The van der Waals surface area contributed by atoms with Crippen molar-refractivity contribution in [3.63, 3.8) is 0 Å². The van der Waals surface area contributed by atoms with Crippen molar-refractivity contribution in [2.24, 2.45) is 0 Å². The third-order valence-corrected chi connectivity index (χ3v) is 1.76. The number of hydrogen-bond acceptors (Lipinski definition) is 6. The maximum Gasteiger partial charge on any atom is 0.356 e. The zero-order valence-corrected chi connectivity index (χ0v) is 8.75. The van der Waals surface area contributed by atoms with Crippen LogP contribution in [0.2, 0.25) is 0 Å². The molecule has 3 N–H and O–H groups in total. The number of carboxylic acid groups (broad SMARTS) is 1. The minimum atomic E-state index is -1.13. The Kier molecular flexibility index (Phi) is 4.62. The van der Waals surface area contributed by atoms with Gasteiger partial charge < -0.3 is 20.3 Å². The average Bonchev–Trinajstić information content (AvgIpc) is 2.27. The second kappa shape index (κ2) is 5.99. The van der Waals surface area contributed by atoms with Crippen molar-refractivity contribution in [3.05, 3.63) is 17.8 Å². The standard InChI is InChI=1S/C9H13N3O4/c1-16-5-6(13)4-10-8-3-2-7(9(14)15)11-12-8/h2-3,6,13H,4-5H2,1H3,(H,10,12)(H,14,15)/t6-/m1/s1. The molecule has 0 amide bonds. The summed E-state index contributed by atoms with van der Waals surface area (Å²) in [6, 6.07) is 2.82. The van der Waals surface area contributed by atoms with E-state index in [4.69, 9.17) is 9.84 Å². The Morgan fingerprint density at radius 1 is 1.56 bits per heavy atom. The van der Waals surface area contributed by atoms with E-state index in [1.807, 2.05) is 0 Å². The summed E-state index contributed by atoms with van der Waals surface area (Å²) in [7, 11) is 1.49. The molecule has 16 heavy (non-hydrogen) atoms. The summed E-state index contributed by atoms with van der Waals surface area (Å²) < 4.78 is 4.74. The molecular weight excluding hydrogens is 214 g/mol. The van der Waals surface area contributed by atoms with Crippen LogP contribution in [0.25, 0.3) is 0 Å². The molecule has 1 rings (SSSR count). The van der Waals surface area contributed by atoms with Crippen LogP contribution in [-0.4, -0.2) is 52.7 Å². The van der Waals surface area contributed by atoms with Crippen LogP contribution in [0.5, 0.6) is 0 Å². The molecule has 0 aliphatic heterocycles. The summed E-state index contributed by atoms with van der Waals surface area (Å²) in [5.74, 6) is -0.723. The summed E-state index contributed by atoms with van der Waals surface area (Å²) in [5.41, 5.74) is -0.122. The molecule has 88 valence electrons. The van der Waals surface area contributed by atoms with Crippen molar-refractivity contribution in [1.29, 1.82) is 0 Å². The molecule has 0 aromatic carbocycles. The van der Waals surface area contributed by atoms with E-state index in [9.17, 15) is 9.90 Å². The number of anilines is 1. The molecule has 0 unspecified atom stereocenters. The van der Waals surface area contributed by atoms with E-state index in [2.05, 4.69) is 15.5 Å². The topological polar surface area (TPSA) is 105 Å². The number of nitrogens with zero attached hydrogens (tertiary/aromatic N) is 2. The molecule has 0 aliphatic rings. The van der Waals surface area contributed by atoms with Crippen LogP contribution in [0.3, 0.4) is 0 Å². The van der Waals surface area contributed by atoms with Crippen LogP contribution in [0.15, 0.2) is 12.1 Å². The highest BCUT2D eigenvalue weighted by Crippen LogP contribution is 2.02. The number of aromatic carboxylic acids is 1. The van der Waals surface area contributed by atoms with E-state index in [-0.39, 0.29) is 18.8 Å². The number of nitrogens with one attached hydrogen (secondary N) is 1. The average molecular weight is 227 g/mol. The molecule has 0 saturated carbocycles. The van der Waals surface area contributed by atoms with Gasteiger partial charge in [-0.3, -0.25) is 0 Å². The molecule has 1 aromatic heterocycles. The van der Waals surface area contributed by atoms with Crippen LogP contribution in [0.1, 0.15) is 10.5 Å². The van der Waals surface area contributed by atoms with E-state index < -0.39 is 12.1 Å². The fourth-order valence-corrected chi connectivity index (χ4v) is 1.01. The lowest BCUT2D eigenvalue weighted by Gasteiger charge is -2.10. The highest BCUT2D eigenvalue weighted by atomic mass is 16.5. The molecule has 0 fully saturated rings. The number of aromatic nitrogens is 2. The fourth-order valence-electron chi connectivity index (χ4n) is 1.01. The lowest BCUT2D eigenvalue weighted by Crippen LogP contribution is -2.24. The van der Waals surface area contributed by atoms with E-state index in [0.717, 1.165) is 0 Å². The molecule has 1 heterocycles. The van der Waals surface area contributed by atoms with Gasteiger partial charge in [-0.15, -0.1) is 10.2 Å². The first-order valence-electron chi connectivity index (χ1n) is 4.61. The summed E-state index contributed by atoms with van der Waals surface area (Å²) in [4.78, 5) is 10.5. The van der Waals surface area contributed by atoms with E-state index >= 15 is 0 Å². The molecule has 0 saturated heterocycles. The highest BCUT2D eigenvalue weighted by molar-refractivity contribution is 5.85. The van der Waals surface area contributed by atoms with Crippen molar-refractivity contribution in [3.8, 4) is 0 Å². The van der Waals surface area contributed by atoms with Crippen LogP contribution in [0.4, 0.5) is 5.82 Å². The van der Waals surface area contributed by atoms with Gasteiger partial charge in [-0.05, 0) is 12.1 Å². The van der Waals surface area contributed by atoms with E-state index in [1.165, 1.54) is 19.2 Å². The number of carbonyl (C=O) groups is 1. The first-order valence-corrected chi connectivity index (χ1v) is 4.61. The van der Waals surface area contributed by atoms with Gasteiger partial charge in [0.05, 0.1) is 12.7 Å². The Morgan fingerprint density at radius 2 is 2.31 bits per heavy atom. The summed E-state index contributed by atoms with van der Waals surface area (Å²) in [6.45, 7) is 0.475. The number of aliphatic hydroxyl groups excluding tert-OH is 1. The second-order valence-corrected chi connectivity index (χ2v) is 3.10. The number of rotatable bonds is 6. The Bertz CT molecular complexity index is 341. The molecule has 1 atom stereocenters. The molecule has 0 bridgehead atoms. The Hall–Kier alpha value is -1.73. The van der Waals surface area contributed by atoms with E-state index in [0.29, 0.717) is 5.82 Å². The Balaban J connectivity index is 2.46. The number of aliphatic hydroxyl groups is 1. The van der Waals surface area contributed by atoms with Gasteiger partial charge in [-0.2, -0.15) is 0 Å². The van der Waals surface area contributed by atoms with Crippen molar-refractivity contribution >= 4 is 11.8 Å². The van der Waals surface area contributed by atoms with Gasteiger partial charge in [-0.25, -0.2) is 4.79 Å². The van der Waals surface area contributed by atoms with Gasteiger partial charge in [0.2, 0.25) is 0 Å². The first kappa shape index (κ1) is 12.3. The number of hydrogen-bond donors (Lipinski definition) is 3. The zero-order valence-electron chi connectivity index (χ0n) is 8.75. The second-order valence-electron chi connectivity index (χ2n) is 3.10. The molecule has 7 heteroatoms. The predicted molar refractivity (Wildman–Crippen MR) is 55.4 cm³/mol.